The van der Waals surface area contributed by atoms with E-state index in [1.807, 2.05) is 57.2 Å². The third-order valence-corrected chi connectivity index (χ3v) is 6.67. The van der Waals surface area contributed by atoms with E-state index in [-0.39, 0.29) is 17.7 Å². The van der Waals surface area contributed by atoms with Crippen molar-refractivity contribution in [3.63, 3.8) is 0 Å². The number of benzene rings is 2. The number of fused-ring (bicyclic) bond motifs is 1. The topological polar surface area (TPSA) is 106 Å². The van der Waals surface area contributed by atoms with Crippen molar-refractivity contribution in [2.24, 2.45) is 0 Å². The lowest BCUT2D eigenvalue weighted by molar-refractivity contribution is -0.129. The summed E-state index contributed by atoms with van der Waals surface area (Å²) < 4.78 is 1.74. The molecule has 8 heteroatoms. The highest BCUT2D eigenvalue weighted by atomic mass is 16.2. The summed E-state index contributed by atoms with van der Waals surface area (Å²) in [5.41, 5.74) is 11.7. The lowest BCUT2D eigenvalue weighted by atomic mass is 9.96. The number of aryl methyl sites for hydroxylation is 2. The second-order valence-corrected chi connectivity index (χ2v) is 9.39. The van der Waals surface area contributed by atoms with Gasteiger partial charge in [0, 0.05) is 38.4 Å². The van der Waals surface area contributed by atoms with E-state index in [9.17, 15) is 9.59 Å². The van der Waals surface area contributed by atoms with Crippen molar-refractivity contribution in [1.29, 1.82) is 0 Å². The van der Waals surface area contributed by atoms with Crippen LogP contribution in [-0.4, -0.2) is 45.6 Å². The normalized spacial score (nSPS) is 11.9. The fourth-order valence-corrected chi connectivity index (χ4v) is 4.47. The molecule has 36 heavy (non-hydrogen) atoms. The van der Waals surface area contributed by atoms with Crippen LogP contribution in [0, 0.1) is 13.8 Å². The zero-order valence-corrected chi connectivity index (χ0v) is 21.4. The SMILES string of the molecule is Cc1cc2c(N)nccc2c(C)c1CNC(=O)c1cnn(Cc2ccc(C(C)C(=O)N(C)C)cc2)c1. The number of rotatable bonds is 7. The molecule has 2 heterocycles. The highest BCUT2D eigenvalue weighted by Gasteiger charge is 2.17. The minimum absolute atomic E-state index is 0.0701. The second kappa shape index (κ2) is 10.2. The van der Waals surface area contributed by atoms with Crippen molar-refractivity contribution in [3.8, 4) is 0 Å². The van der Waals surface area contributed by atoms with Gasteiger partial charge in [0.2, 0.25) is 5.91 Å². The number of pyridine rings is 1. The van der Waals surface area contributed by atoms with E-state index in [1.54, 1.807) is 42.3 Å². The van der Waals surface area contributed by atoms with Crippen molar-refractivity contribution in [1.82, 2.24) is 25.0 Å². The fourth-order valence-electron chi connectivity index (χ4n) is 4.47. The summed E-state index contributed by atoms with van der Waals surface area (Å²) >= 11 is 0. The van der Waals surface area contributed by atoms with Crippen molar-refractivity contribution >= 4 is 28.4 Å². The number of amides is 2. The van der Waals surface area contributed by atoms with Crippen LogP contribution in [0.25, 0.3) is 10.8 Å². The molecule has 0 fully saturated rings. The molecule has 1 unspecified atom stereocenters. The molecular weight excluding hydrogens is 452 g/mol. The summed E-state index contributed by atoms with van der Waals surface area (Å²) in [4.78, 5) is 30.8. The first-order valence-electron chi connectivity index (χ1n) is 11.9. The van der Waals surface area contributed by atoms with Crippen LogP contribution >= 0.6 is 0 Å². The van der Waals surface area contributed by atoms with Gasteiger partial charge in [0.05, 0.1) is 24.2 Å². The van der Waals surface area contributed by atoms with Gasteiger partial charge in [-0.3, -0.25) is 14.3 Å². The fraction of sp³-hybridized carbons (Fsp3) is 0.286. The van der Waals surface area contributed by atoms with E-state index in [1.165, 1.54) is 0 Å². The number of hydrogen-bond acceptors (Lipinski definition) is 5. The van der Waals surface area contributed by atoms with Crippen molar-refractivity contribution in [2.75, 3.05) is 19.8 Å². The molecule has 2 aromatic heterocycles. The molecule has 186 valence electrons. The van der Waals surface area contributed by atoms with Crippen LogP contribution in [0.2, 0.25) is 0 Å². The highest BCUT2D eigenvalue weighted by molar-refractivity contribution is 5.95. The summed E-state index contributed by atoms with van der Waals surface area (Å²) in [6.45, 7) is 6.90. The number of nitrogens with two attached hydrogens (primary N) is 1. The Morgan fingerprint density at radius 1 is 1.11 bits per heavy atom. The molecule has 8 nitrogen and oxygen atoms in total. The van der Waals surface area contributed by atoms with Gasteiger partial charge in [-0.25, -0.2) is 4.98 Å². The summed E-state index contributed by atoms with van der Waals surface area (Å²) in [6.07, 6.45) is 5.02. The van der Waals surface area contributed by atoms with Crippen LogP contribution in [0.4, 0.5) is 5.82 Å². The number of carbonyl (C=O) groups excluding carboxylic acids is 2. The standard InChI is InChI=1S/C28H32N6O2/c1-17-12-24-23(10-11-30-26(24)29)19(3)25(17)14-31-27(35)22-13-32-34(16-22)15-20-6-8-21(9-7-20)18(2)28(36)33(4)5/h6-13,16,18H,14-15H2,1-5H3,(H2,29,30)(H,31,35). The van der Waals surface area contributed by atoms with E-state index < -0.39 is 0 Å². The molecule has 2 aromatic carbocycles. The van der Waals surface area contributed by atoms with Crippen molar-refractivity contribution < 1.29 is 9.59 Å². The molecular formula is C28H32N6O2. The maximum absolute atomic E-state index is 12.8. The Morgan fingerprint density at radius 2 is 1.83 bits per heavy atom. The molecule has 3 N–H and O–H groups in total. The van der Waals surface area contributed by atoms with Gasteiger partial charge in [0.1, 0.15) is 5.82 Å². The predicted molar refractivity (Wildman–Crippen MR) is 142 cm³/mol. The first-order chi connectivity index (χ1) is 17.2. The van der Waals surface area contributed by atoms with Crippen LogP contribution in [0.5, 0.6) is 0 Å². The number of likely N-dealkylation sites (N-methyl/N-ethyl adjacent to an activating group) is 1. The number of nitrogens with one attached hydrogen (secondary N) is 1. The lowest BCUT2D eigenvalue weighted by Gasteiger charge is -2.17. The molecule has 2 amide bonds. The molecule has 4 aromatic rings. The molecule has 0 aliphatic rings. The van der Waals surface area contributed by atoms with Crippen molar-refractivity contribution in [2.45, 2.75) is 39.8 Å². The van der Waals surface area contributed by atoms with Gasteiger partial charge in [0.15, 0.2) is 0 Å². The van der Waals surface area contributed by atoms with E-state index in [0.717, 1.165) is 38.6 Å². The van der Waals surface area contributed by atoms with Crippen LogP contribution in [0.1, 0.15) is 51.0 Å². The average Bonchev–Trinajstić information content (AvgIpc) is 3.32. The summed E-state index contributed by atoms with van der Waals surface area (Å²) in [5.74, 6) is 0.201. The average molecular weight is 485 g/mol. The number of hydrogen-bond donors (Lipinski definition) is 2. The molecule has 4 rings (SSSR count). The summed E-state index contributed by atoms with van der Waals surface area (Å²) in [5, 5.41) is 9.34. The number of aromatic nitrogens is 3. The smallest absolute Gasteiger partial charge is 0.254 e. The first kappa shape index (κ1) is 24.9. The molecule has 0 aliphatic heterocycles. The Labute approximate surface area is 211 Å². The summed E-state index contributed by atoms with van der Waals surface area (Å²) in [7, 11) is 3.52. The monoisotopic (exact) mass is 484 g/mol. The van der Waals surface area contributed by atoms with Crippen LogP contribution in [-0.2, 0) is 17.9 Å². The predicted octanol–water partition coefficient (Wildman–Crippen LogP) is 3.80. The van der Waals surface area contributed by atoms with Gasteiger partial charge in [-0.05, 0) is 66.1 Å². The number of carbonyl (C=O) groups is 2. The maximum atomic E-state index is 12.8. The zero-order chi connectivity index (χ0) is 26.0. The Balaban J connectivity index is 1.41. The number of anilines is 1. The van der Waals surface area contributed by atoms with Gasteiger partial charge in [0.25, 0.3) is 5.91 Å². The highest BCUT2D eigenvalue weighted by Crippen LogP contribution is 2.28. The van der Waals surface area contributed by atoms with Crippen molar-refractivity contribution in [3.05, 3.63) is 88.4 Å². The second-order valence-electron chi connectivity index (χ2n) is 9.39. The number of nitrogens with zero attached hydrogens (tertiary/aromatic N) is 4. The third-order valence-electron chi connectivity index (χ3n) is 6.67. The molecule has 0 bridgehead atoms. The van der Waals surface area contributed by atoms with E-state index in [4.69, 9.17) is 5.73 Å². The first-order valence-corrected chi connectivity index (χ1v) is 11.9. The van der Waals surface area contributed by atoms with Gasteiger partial charge in [-0.2, -0.15) is 5.10 Å². The van der Waals surface area contributed by atoms with Crippen LogP contribution in [0.3, 0.4) is 0 Å². The quantitative estimate of drug-likeness (QED) is 0.415. The Morgan fingerprint density at radius 3 is 2.53 bits per heavy atom. The lowest BCUT2D eigenvalue weighted by Crippen LogP contribution is -2.26. The van der Waals surface area contributed by atoms with E-state index >= 15 is 0 Å². The molecule has 0 aliphatic carbocycles. The van der Waals surface area contributed by atoms with Gasteiger partial charge in [-0.15, -0.1) is 0 Å². The van der Waals surface area contributed by atoms with E-state index in [2.05, 4.69) is 15.4 Å². The Kier molecular flexibility index (Phi) is 7.05. The molecule has 0 spiro atoms. The van der Waals surface area contributed by atoms with E-state index in [0.29, 0.717) is 24.5 Å². The zero-order valence-electron chi connectivity index (χ0n) is 21.4. The van der Waals surface area contributed by atoms with Gasteiger partial charge in [-0.1, -0.05) is 24.3 Å². The minimum atomic E-state index is -0.196. The molecule has 1 atom stereocenters. The summed E-state index contributed by atoms with van der Waals surface area (Å²) in [6, 6.07) is 11.9. The maximum Gasteiger partial charge on any atom is 0.254 e. The van der Waals surface area contributed by atoms with Crippen LogP contribution in [0.15, 0.2) is 55.0 Å². The minimum Gasteiger partial charge on any atom is -0.383 e. The Bertz CT molecular complexity index is 1420. The van der Waals surface area contributed by atoms with Gasteiger partial charge >= 0.3 is 0 Å². The third kappa shape index (κ3) is 5.07. The molecule has 0 radical (unpaired) electrons. The van der Waals surface area contributed by atoms with Crippen LogP contribution < -0.4 is 11.1 Å². The van der Waals surface area contributed by atoms with Gasteiger partial charge < -0.3 is 16.0 Å². The largest absolute Gasteiger partial charge is 0.383 e. The molecule has 0 saturated heterocycles. The number of nitrogen functional groups attached to an aromatic ring is 1. The Hall–Kier alpha value is -4.20. The molecule has 0 saturated carbocycles.